The van der Waals surface area contributed by atoms with Crippen LogP contribution in [0.3, 0.4) is 0 Å². The van der Waals surface area contributed by atoms with Crippen molar-refractivity contribution < 1.29 is 4.21 Å². The van der Waals surface area contributed by atoms with Gasteiger partial charge in [0, 0.05) is 5.69 Å². The van der Waals surface area contributed by atoms with Crippen molar-refractivity contribution in [3.05, 3.63) is 47.8 Å². The first kappa shape index (κ1) is 9.43. The van der Waals surface area contributed by atoms with Gasteiger partial charge < -0.3 is 4.72 Å². The summed E-state index contributed by atoms with van der Waals surface area (Å²) in [4.78, 5) is 0. The number of anilines is 1. The molecule has 0 fully saturated rings. The van der Waals surface area contributed by atoms with Crippen LogP contribution in [0.15, 0.2) is 52.1 Å². The number of thiophene rings is 1. The van der Waals surface area contributed by atoms with Crippen LogP contribution in [0.1, 0.15) is 0 Å². The summed E-state index contributed by atoms with van der Waals surface area (Å²) in [5, 5.41) is 1.92. The Morgan fingerprint density at radius 3 is 2.50 bits per heavy atom. The van der Waals surface area contributed by atoms with Crippen molar-refractivity contribution in [2.24, 2.45) is 0 Å². The monoisotopic (exact) mass is 223 g/mol. The summed E-state index contributed by atoms with van der Waals surface area (Å²) in [5.41, 5.74) is 0.874. The highest BCUT2D eigenvalue weighted by Gasteiger charge is 2.03. The minimum Gasteiger partial charge on any atom is -0.300 e. The number of hydrogen-bond donors (Lipinski definition) is 1. The first-order valence-corrected chi connectivity index (χ1v) is 6.16. The fourth-order valence-corrected chi connectivity index (χ4v) is 2.78. The fourth-order valence-electron chi connectivity index (χ4n) is 1.03. The summed E-state index contributed by atoms with van der Waals surface area (Å²) < 4.78 is 15.5. The van der Waals surface area contributed by atoms with Gasteiger partial charge in [-0.2, -0.15) is 0 Å². The van der Waals surface area contributed by atoms with Crippen LogP contribution in [0.2, 0.25) is 0 Å². The molecule has 4 heteroatoms. The second-order valence-corrected chi connectivity index (χ2v) is 5.06. The van der Waals surface area contributed by atoms with E-state index in [2.05, 4.69) is 4.72 Å². The Balaban J connectivity index is 2.10. The van der Waals surface area contributed by atoms with Gasteiger partial charge in [0.15, 0.2) is 11.0 Å². The van der Waals surface area contributed by atoms with Gasteiger partial charge in [0.2, 0.25) is 0 Å². The lowest BCUT2D eigenvalue weighted by atomic mass is 10.3. The number of rotatable bonds is 3. The Bertz CT molecular complexity index is 411. The number of para-hydroxylation sites is 1. The molecule has 0 aliphatic heterocycles. The zero-order valence-corrected chi connectivity index (χ0v) is 8.98. The average molecular weight is 223 g/mol. The van der Waals surface area contributed by atoms with E-state index < -0.39 is 11.0 Å². The van der Waals surface area contributed by atoms with E-state index in [0.717, 1.165) is 9.90 Å². The van der Waals surface area contributed by atoms with Crippen molar-refractivity contribution in [2.75, 3.05) is 4.72 Å². The molecule has 0 bridgehead atoms. The fraction of sp³-hybridized carbons (Fsp3) is 0. The molecule has 1 aromatic heterocycles. The van der Waals surface area contributed by atoms with Gasteiger partial charge in [0.05, 0.1) is 0 Å². The minimum atomic E-state index is -1.13. The predicted octanol–water partition coefficient (Wildman–Crippen LogP) is 2.88. The summed E-state index contributed by atoms with van der Waals surface area (Å²) in [6.07, 6.45) is 0. The van der Waals surface area contributed by atoms with Crippen LogP contribution in [0.5, 0.6) is 0 Å². The Morgan fingerprint density at radius 1 is 1.07 bits per heavy atom. The van der Waals surface area contributed by atoms with Crippen molar-refractivity contribution in [1.29, 1.82) is 0 Å². The standard InChI is InChI=1S/C10H9NOS2/c12-14(10-7-4-8-13-10)11-9-5-2-1-3-6-9/h1-8,11H. The van der Waals surface area contributed by atoms with Gasteiger partial charge in [0.25, 0.3) is 0 Å². The topological polar surface area (TPSA) is 29.1 Å². The molecule has 0 radical (unpaired) electrons. The highest BCUT2D eigenvalue weighted by atomic mass is 32.2. The zero-order chi connectivity index (χ0) is 9.80. The smallest absolute Gasteiger partial charge is 0.160 e. The van der Waals surface area contributed by atoms with Crippen LogP contribution in [-0.4, -0.2) is 4.21 Å². The number of benzene rings is 1. The number of nitrogens with one attached hydrogen (secondary N) is 1. The average Bonchev–Trinajstić information content (AvgIpc) is 2.72. The molecule has 1 atom stereocenters. The first-order valence-electron chi connectivity index (χ1n) is 4.13. The van der Waals surface area contributed by atoms with E-state index in [0.29, 0.717) is 0 Å². The molecule has 0 spiro atoms. The third kappa shape index (κ3) is 2.21. The van der Waals surface area contributed by atoms with Crippen molar-refractivity contribution in [2.45, 2.75) is 4.21 Å². The maximum Gasteiger partial charge on any atom is 0.160 e. The molecule has 0 amide bonds. The molecule has 0 saturated carbocycles. The lowest BCUT2D eigenvalue weighted by Crippen LogP contribution is -2.02. The SMILES string of the molecule is O=S(Nc1ccccc1)c1cccs1. The molecule has 1 heterocycles. The van der Waals surface area contributed by atoms with Gasteiger partial charge in [-0.05, 0) is 23.6 Å². The highest BCUT2D eigenvalue weighted by Crippen LogP contribution is 2.16. The van der Waals surface area contributed by atoms with E-state index in [1.165, 1.54) is 11.3 Å². The molecule has 1 N–H and O–H groups in total. The van der Waals surface area contributed by atoms with E-state index in [1.54, 1.807) is 0 Å². The van der Waals surface area contributed by atoms with Crippen LogP contribution in [0, 0.1) is 0 Å². The van der Waals surface area contributed by atoms with Crippen molar-refractivity contribution in [3.8, 4) is 0 Å². The van der Waals surface area contributed by atoms with E-state index in [4.69, 9.17) is 0 Å². The quantitative estimate of drug-likeness (QED) is 0.851. The van der Waals surface area contributed by atoms with Crippen LogP contribution in [-0.2, 0) is 11.0 Å². The van der Waals surface area contributed by atoms with Gasteiger partial charge in [-0.3, -0.25) is 0 Å². The van der Waals surface area contributed by atoms with Crippen LogP contribution >= 0.6 is 11.3 Å². The Hall–Kier alpha value is -1.13. The van der Waals surface area contributed by atoms with Gasteiger partial charge >= 0.3 is 0 Å². The maximum absolute atomic E-state index is 11.7. The summed E-state index contributed by atoms with van der Waals surface area (Å²) >= 11 is 1.49. The lowest BCUT2D eigenvalue weighted by molar-refractivity contribution is 0.687. The normalized spacial score (nSPS) is 12.3. The second kappa shape index (κ2) is 4.39. The van der Waals surface area contributed by atoms with Gasteiger partial charge in [-0.1, -0.05) is 24.3 Å². The molecule has 2 rings (SSSR count). The van der Waals surface area contributed by atoms with Crippen LogP contribution in [0.25, 0.3) is 0 Å². The van der Waals surface area contributed by atoms with E-state index in [-0.39, 0.29) is 0 Å². The molecule has 1 aromatic carbocycles. The molecule has 0 aliphatic carbocycles. The van der Waals surface area contributed by atoms with E-state index >= 15 is 0 Å². The molecule has 14 heavy (non-hydrogen) atoms. The maximum atomic E-state index is 11.7. The Kier molecular flexibility index (Phi) is 2.96. The summed E-state index contributed by atoms with van der Waals surface area (Å²) in [5.74, 6) is 0. The van der Waals surface area contributed by atoms with Gasteiger partial charge in [0.1, 0.15) is 4.21 Å². The molecule has 2 aromatic rings. The first-order chi connectivity index (χ1) is 6.86. The summed E-state index contributed by atoms with van der Waals surface area (Å²) in [7, 11) is -1.13. The molecule has 1 unspecified atom stereocenters. The van der Waals surface area contributed by atoms with E-state index in [1.807, 2.05) is 47.8 Å². The molecule has 2 nitrogen and oxygen atoms in total. The Labute approximate surface area is 89.2 Å². The van der Waals surface area contributed by atoms with Crippen molar-refractivity contribution in [1.82, 2.24) is 0 Å². The van der Waals surface area contributed by atoms with E-state index in [9.17, 15) is 4.21 Å². The minimum absolute atomic E-state index is 0.842. The van der Waals surface area contributed by atoms with Gasteiger partial charge in [-0.25, -0.2) is 4.21 Å². The molecule has 0 aliphatic rings. The predicted molar refractivity (Wildman–Crippen MR) is 60.8 cm³/mol. The third-order valence-corrected chi connectivity index (χ3v) is 3.99. The zero-order valence-electron chi connectivity index (χ0n) is 7.34. The number of hydrogen-bond acceptors (Lipinski definition) is 2. The summed E-state index contributed by atoms with van der Waals surface area (Å²) in [6, 6.07) is 13.3. The molecule has 72 valence electrons. The van der Waals surface area contributed by atoms with Crippen molar-refractivity contribution >= 4 is 28.0 Å². The van der Waals surface area contributed by atoms with Crippen LogP contribution in [0.4, 0.5) is 5.69 Å². The largest absolute Gasteiger partial charge is 0.300 e. The third-order valence-electron chi connectivity index (χ3n) is 1.66. The van der Waals surface area contributed by atoms with Gasteiger partial charge in [-0.15, -0.1) is 11.3 Å². The Morgan fingerprint density at radius 2 is 1.86 bits per heavy atom. The van der Waals surface area contributed by atoms with Crippen molar-refractivity contribution in [3.63, 3.8) is 0 Å². The second-order valence-electron chi connectivity index (χ2n) is 2.67. The highest BCUT2D eigenvalue weighted by molar-refractivity contribution is 7.88. The summed E-state index contributed by atoms with van der Waals surface area (Å²) in [6.45, 7) is 0. The van der Waals surface area contributed by atoms with Crippen LogP contribution < -0.4 is 4.72 Å². The molecular weight excluding hydrogens is 214 g/mol. The molecule has 0 saturated heterocycles. The molecular formula is C10H9NOS2. The lowest BCUT2D eigenvalue weighted by Gasteiger charge is -2.02.